The van der Waals surface area contributed by atoms with Gasteiger partial charge in [0.2, 0.25) is 11.8 Å². The lowest BCUT2D eigenvalue weighted by Crippen LogP contribution is -2.30. The molecule has 1 heterocycles. The van der Waals surface area contributed by atoms with Crippen LogP contribution in [-0.4, -0.2) is 18.9 Å². The maximum Gasteiger partial charge on any atom is 0.232 e. The average molecular weight is 296 g/mol. The first-order valence-corrected chi connectivity index (χ1v) is 7.01. The molecule has 0 saturated heterocycles. The van der Waals surface area contributed by atoms with Gasteiger partial charge in [0, 0.05) is 23.9 Å². The monoisotopic (exact) mass is 296 g/mol. The molecule has 0 aliphatic carbocycles. The second-order valence-electron chi connectivity index (χ2n) is 5.11. The van der Waals surface area contributed by atoms with E-state index in [1.54, 1.807) is 37.4 Å². The number of methoxy groups -OCH3 is 1. The first-order valence-electron chi connectivity index (χ1n) is 7.01. The summed E-state index contributed by atoms with van der Waals surface area (Å²) in [6.07, 6.45) is 0.146. The van der Waals surface area contributed by atoms with Gasteiger partial charge in [-0.25, -0.2) is 0 Å². The number of ether oxygens (including phenoxy) is 1. The van der Waals surface area contributed by atoms with Crippen LogP contribution < -0.4 is 15.4 Å². The SMILES string of the molecule is COc1cccc(NC(=O)[C@@H]2CC(=O)Nc3ccccc32)c1. The molecule has 5 heteroatoms. The zero-order valence-corrected chi connectivity index (χ0v) is 12.1. The first-order chi connectivity index (χ1) is 10.7. The van der Waals surface area contributed by atoms with Crippen LogP contribution in [0.1, 0.15) is 17.9 Å². The normalized spacial score (nSPS) is 16.4. The Balaban J connectivity index is 1.84. The van der Waals surface area contributed by atoms with Gasteiger partial charge in [-0.3, -0.25) is 9.59 Å². The summed E-state index contributed by atoms with van der Waals surface area (Å²) in [5, 5.41) is 5.64. The Bertz CT molecular complexity index is 727. The number of amides is 2. The summed E-state index contributed by atoms with van der Waals surface area (Å²) in [7, 11) is 1.57. The number of para-hydroxylation sites is 1. The van der Waals surface area contributed by atoms with Crippen molar-refractivity contribution in [2.45, 2.75) is 12.3 Å². The van der Waals surface area contributed by atoms with Crippen molar-refractivity contribution in [3.63, 3.8) is 0 Å². The summed E-state index contributed by atoms with van der Waals surface area (Å²) in [4.78, 5) is 24.3. The zero-order chi connectivity index (χ0) is 15.5. The molecule has 3 rings (SSSR count). The lowest BCUT2D eigenvalue weighted by molar-refractivity contribution is -0.123. The predicted octanol–water partition coefficient (Wildman–Crippen LogP) is 2.76. The highest BCUT2D eigenvalue weighted by atomic mass is 16.5. The van der Waals surface area contributed by atoms with Crippen LogP contribution in [0.3, 0.4) is 0 Å². The predicted molar refractivity (Wildman–Crippen MR) is 84.1 cm³/mol. The highest BCUT2D eigenvalue weighted by Gasteiger charge is 2.30. The molecule has 112 valence electrons. The Kier molecular flexibility index (Phi) is 3.78. The average Bonchev–Trinajstić information content (AvgIpc) is 2.54. The van der Waals surface area contributed by atoms with Crippen LogP contribution in [-0.2, 0) is 9.59 Å². The van der Waals surface area contributed by atoms with Gasteiger partial charge in [-0.15, -0.1) is 0 Å². The minimum Gasteiger partial charge on any atom is -0.497 e. The van der Waals surface area contributed by atoms with E-state index in [2.05, 4.69) is 10.6 Å². The van der Waals surface area contributed by atoms with Crippen LogP contribution >= 0.6 is 0 Å². The van der Waals surface area contributed by atoms with E-state index < -0.39 is 5.92 Å². The van der Waals surface area contributed by atoms with Crippen molar-refractivity contribution in [1.29, 1.82) is 0 Å². The van der Waals surface area contributed by atoms with E-state index in [4.69, 9.17) is 4.74 Å². The molecule has 1 aliphatic rings. The molecule has 0 bridgehead atoms. The smallest absolute Gasteiger partial charge is 0.232 e. The number of nitrogens with one attached hydrogen (secondary N) is 2. The van der Waals surface area contributed by atoms with Crippen LogP contribution in [0.2, 0.25) is 0 Å². The molecule has 0 aromatic heterocycles. The summed E-state index contributed by atoms with van der Waals surface area (Å²) in [5.74, 6) is -0.171. The molecular formula is C17H16N2O3. The summed E-state index contributed by atoms with van der Waals surface area (Å²) in [6, 6.07) is 14.5. The highest BCUT2D eigenvalue weighted by molar-refractivity contribution is 6.05. The van der Waals surface area contributed by atoms with Gasteiger partial charge in [-0.1, -0.05) is 24.3 Å². The van der Waals surface area contributed by atoms with Gasteiger partial charge < -0.3 is 15.4 Å². The fourth-order valence-corrected chi connectivity index (χ4v) is 2.58. The molecule has 5 nitrogen and oxygen atoms in total. The molecule has 2 aromatic carbocycles. The molecule has 1 aliphatic heterocycles. The Hall–Kier alpha value is -2.82. The maximum absolute atomic E-state index is 12.5. The molecule has 2 aromatic rings. The van der Waals surface area contributed by atoms with E-state index in [9.17, 15) is 9.59 Å². The molecule has 0 radical (unpaired) electrons. The van der Waals surface area contributed by atoms with Crippen molar-refractivity contribution in [3.05, 3.63) is 54.1 Å². The maximum atomic E-state index is 12.5. The van der Waals surface area contributed by atoms with Gasteiger partial charge >= 0.3 is 0 Å². The van der Waals surface area contributed by atoms with Crippen molar-refractivity contribution in [3.8, 4) is 5.75 Å². The second kappa shape index (κ2) is 5.89. The molecular weight excluding hydrogens is 280 g/mol. The minimum atomic E-state index is -0.490. The van der Waals surface area contributed by atoms with Crippen LogP contribution in [0.15, 0.2) is 48.5 Å². The molecule has 0 spiro atoms. The topological polar surface area (TPSA) is 67.4 Å². The molecule has 2 N–H and O–H groups in total. The second-order valence-corrected chi connectivity index (χ2v) is 5.11. The van der Waals surface area contributed by atoms with Crippen molar-refractivity contribution in [1.82, 2.24) is 0 Å². The summed E-state index contributed by atoms with van der Waals surface area (Å²) in [6.45, 7) is 0. The lowest BCUT2D eigenvalue weighted by atomic mass is 9.90. The van der Waals surface area contributed by atoms with E-state index in [0.29, 0.717) is 17.1 Å². The number of carbonyl (C=O) groups is 2. The Labute approximate surface area is 128 Å². The fourth-order valence-electron chi connectivity index (χ4n) is 2.58. The van der Waals surface area contributed by atoms with Gasteiger partial charge in [0.15, 0.2) is 0 Å². The van der Waals surface area contributed by atoms with E-state index in [0.717, 1.165) is 5.56 Å². The van der Waals surface area contributed by atoms with Gasteiger partial charge in [-0.2, -0.15) is 0 Å². The standard InChI is InChI=1S/C17H16N2O3/c1-22-12-6-4-5-11(9-12)18-17(21)14-10-16(20)19-15-8-3-2-7-13(14)15/h2-9,14H,10H2,1H3,(H,18,21)(H,19,20)/t14-/m1/s1. The molecule has 0 saturated carbocycles. The van der Waals surface area contributed by atoms with Gasteiger partial charge in [0.25, 0.3) is 0 Å². The van der Waals surface area contributed by atoms with E-state index in [-0.39, 0.29) is 18.2 Å². The number of hydrogen-bond donors (Lipinski definition) is 2. The Morgan fingerprint density at radius 2 is 2.05 bits per heavy atom. The highest BCUT2D eigenvalue weighted by Crippen LogP contribution is 2.33. The van der Waals surface area contributed by atoms with Gasteiger partial charge in [0.1, 0.15) is 5.75 Å². The van der Waals surface area contributed by atoms with Crippen molar-refractivity contribution in [2.75, 3.05) is 17.7 Å². The lowest BCUT2D eigenvalue weighted by Gasteiger charge is -2.24. The van der Waals surface area contributed by atoms with Crippen molar-refractivity contribution >= 4 is 23.2 Å². The number of carbonyl (C=O) groups excluding carboxylic acids is 2. The molecule has 0 fully saturated rings. The van der Waals surface area contributed by atoms with Gasteiger partial charge in [0.05, 0.1) is 13.0 Å². The fraction of sp³-hybridized carbons (Fsp3) is 0.176. The van der Waals surface area contributed by atoms with Gasteiger partial charge in [-0.05, 0) is 23.8 Å². The van der Waals surface area contributed by atoms with E-state index >= 15 is 0 Å². The third-order valence-electron chi connectivity index (χ3n) is 3.65. The van der Waals surface area contributed by atoms with Crippen LogP contribution in [0, 0.1) is 0 Å². The third-order valence-corrected chi connectivity index (χ3v) is 3.65. The number of rotatable bonds is 3. The summed E-state index contributed by atoms with van der Waals surface area (Å²) < 4.78 is 5.14. The quantitative estimate of drug-likeness (QED) is 0.915. The molecule has 22 heavy (non-hydrogen) atoms. The third kappa shape index (κ3) is 2.79. The van der Waals surface area contributed by atoms with Crippen molar-refractivity contribution < 1.29 is 14.3 Å². The van der Waals surface area contributed by atoms with E-state index in [1.165, 1.54) is 0 Å². The van der Waals surface area contributed by atoms with E-state index in [1.807, 2.05) is 18.2 Å². The number of fused-ring (bicyclic) bond motifs is 1. The van der Waals surface area contributed by atoms with Crippen LogP contribution in [0.5, 0.6) is 5.75 Å². The molecule has 2 amide bonds. The summed E-state index contributed by atoms with van der Waals surface area (Å²) in [5.41, 5.74) is 2.18. The minimum absolute atomic E-state index is 0.146. The largest absolute Gasteiger partial charge is 0.497 e. The van der Waals surface area contributed by atoms with Crippen molar-refractivity contribution in [2.24, 2.45) is 0 Å². The van der Waals surface area contributed by atoms with Crippen LogP contribution in [0.4, 0.5) is 11.4 Å². The first kappa shape index (κ1) is 14.1. The Morgan fingerprint density at radius 1 is 1.23 bits per heavy atom. The van der Waals surface area contributed by atoms with Crippen LogP contribution in [0.25, 0.3) is 0 Å². The number of hydrogen-bond acceptors (Lipinski definition) is 3. The number of anilines is 2. The zero-order valence-electron chi connectivity index (χ0n) is 12.1. The summed E-state index contributed by atoms with van der Waals surface area (Å²) >= 11 is 0. The number of benzene rings is 2. The molecule has 1 atom stereocenters. The Morgan fingerprint density at radius 3 is 2.86 bits per heavy atom. The molecule has 0 unspecified atom stereocenters.